The van der Waals surface area contributed by atoms with Gasteiger partial charge in [0.05, 0.1) is 0 Å². The molecule has 0 heterocycles. The summed E-state index contributed by atoms with van der Waals surface area (Å²) in [6.07, 6.45) is 0. The van der Waals surface area contributed by atoms with E-state index in [-0.39, 0.29) is 0 Å². The molecule has 0 radical (unpaired) electrons. The second kappa shape index (κ2) is 6.87. The van der Waals surface area contributed by atoms with Crippen molar-refractivity contribution >= 4 is 0 Å². The molecule has 0 amide bonds. The van der Waals surface area contributed by atoms with E-state index in [1.165, 1.54) is 33.4 Å². The maximum absolute atomic E-state index is 5.86. The van der Waals surface area contributed by atoms with Crippen LogP contribution in [0, 0.1) is 41.5 Å². The van der Waals surface area contributed by atoms with Gasteiger partial charge in [-0.3, -0.25) is 0 Å². The van der Waals surface area contributed by atoms with Gasteiger partial charge in [-0.1, -0.05) is 12.1 Å². The molecule has 118 valence electrons. The summed E-state index contributed by atoms with van der Waals surface area (Å²) in [6.45, 7) is 13.7. The van der Waals surface area contributed by atoms with Crippen molar-refractivity contribution in [1.29, 1.82) is 0 Å². The molecule has 0 aromatic heterocycles. The molecule has 0 fully saturated rings. The Labute approximate surface area is 134 Å². The Morgan fingerprint density at radius 2 is 0.818 bits per heavy atom. The monoisotopic (exact) mass is 298 g/mol. The summed E-state index contributed by atoms with van der Waals surface area (Å²) in [5.74, 6) is 1.90. The molecular formula is C20H26O2. The molecule has 2 rings (SSSR count). The van der Waals surface area contributed by atoms with E-state index >= 15 is 0 Å². The van der Waals surface area contributed by atoms with Gasteiger partial charge in [-0.25, -0.2) is 0 Å². The fraction of sp³-hybridized carbons (Fsp3) is 0.400. The van der Waals surface area contributed by atoms with Gasteiger partial charge in [-0.05, 0) is 87.1 Å². The summed E-state index contributed by atoms with van der Waals surface area (Å²) in [5, 5.41) is 0. The van der Waals surface area contributed by atoms with Crippen molar-refractivity contribution in [2.75, 3.05) is 13.2 Å². The summed E-state index contributed by atoms with van der Waals surface area (Å²) in [6, 6.07) is 8.54. The largest absolute Gasteiger partial charge is 0.490 e. The van der Waals surface area contributed by atoms with Crippen LogP contribution in [0.4, 0.5) is 0 Å². The van der Waals surface area contributed by atoms with Gasteiger partial charge in [0.1, 0.15) is 24.7 Å². The minimum Gasteiger partial charge on any atom is -0.490 e. The average Bonchev–Trinajstić information content (AvgIpc) is 2.45. The van der Waals surface area contributed by atoms with Crippen LogP contribution < -0.4 is 9.47 Å². The van der Waals surface area contributed by atoms with Crippen molar-refractivity contribution in [2.24, 2.45) is 0 Å². The van der Waals surface area contributed by atoms with Gasteiger partial charge in [0.25, 0.3) is 0 Å². The molecule has 2 aromatic carbocycles. The minimum absolute atomic E-state index is 0.551. The standard InChI is InChI=1S/C20H26O2/c1-13-9-17(5)19(11-15(13)3)21-7-8-22-20-12-16(4)14(2)10-18(20)6/h9-12H,7-8H2,1-6H3. The van der Waals surface area contributed by atoms with Crippen LogP contribution in [-0.2, 0) is 0 Å². The van der Waals surface area contributed by atoms with E-state index in [1.807, 2.05) is 0 Å². The van der Waals surface area contributed by atoms with Crippen LogP contribution in [0.25, 0.3) is 0 Å². The SMILES string of the molecule is Cc1cc(C)c(OCCOc2cc(C)c(C)cc2C)cc1C. The first-order chi connectivity index (χ1) is 10.4. The molecule has 0 atom stereocenters. The lowest BCUT2D eigenvalue weighted by Crippen LogP contribution is -2.10. The third-order valence-corrected chi connectivity index (χ3v) is 4.18. The van der Waals surface area contributed by atoms with Crippen LogP contribution in [0.15, 0.2) is 24.3 Å². The van der Waals surface area contributed by atoms with Gasteiger partial charge in [-0.15, -0.1) is 0 Å². The summed E-state index contributed by atoms with van der Waals surface area (Å²) >= 11 is 0. The molecule has 0 saturated carbocycles. The molecule has 2 heteroatoms. The molecule has 0 saturated heterocycles. The Morgan fingerprint density at radius 3 is 1.18 bits per heavy atom. The normalized spacial score (nSPS) is 10.6. The first-order valence-corrected chi connectivity index (χ1v) is 7.79. The molecule has 0 aliphatic carbocycles. The molecule has 0 bridgehead atoms. The lowest BCUT2D eigenvalue weighted by atomic mass is 10.1. The summed E-state index contributed by atoms with van der Waals surface area (Å²) in [5.41, 5.74) is 7.45. The Balaban J connectivity index is 1.93. The van der Waals surface area contributed by atoms with Crippen molar-refractivity contribution in [2.45, 2.75) is 41.5 Å². The van der Waals surface area contributed by atoms with E-state index in [4.69, 9.17) is 9.47 Å². The number of hydrogen-bond acceptors (Lipinski definition) is 2. The molecule has 0 unspecified atom stereocenters. The second-order valence-corrected chi connectivity index (χ2v) is 6.10. The lowest BCUT2D eigenvalue weighted by molar-refractivity contribution is 0.215. The van der Waals surface area contributed by atoms with Crippen LogP contribution in [-0.4, -0.2) is 13.2 Å². The van der Waals surface area contributed by atoms with Gasteiger partial charge < -0.3 is 9.47 Å². The van der Waals surface area contributed by atoms with Gasteiger partial charge in [0.15, 0.2) is 0 Å². The van der Waals surface area contributed by atoms with Crippen LogP contribution in [0.3, 0.4) is 0 Å². The van der Waals surface area contributed by atoms with Gasteiger partial charge in [-0.2, -0.15) is 0 Å². The van der Waals surface area contributed by atoms with Gasteiger partial charge in [0.2, 0.25) is 0 Å². The minimum atomic E-state index is 0.551. The summed E-state index contributed by atoms with van der Waals surface area (Å²) in [4.78, 5) is 0. The molecule has 22 heavy (non-hydrogen) atoms. The van der Waals surface area contributed by atoms with E-state index < -0.39 is 0 Å². The molecule has 0 aliphatic heterocycles. The Bertz CT molecular complexity index is 612. The van der Waals surface area contributed by atoms with Gasteiger partial charge in [0, 0.05) is 0 Å². The van der Waals surface area contributed by atoms with Crippen molar-refractivity contribution in [3.63, 3.8) is 0 Å². The molecule has 0 spiro atoms. The zero-order valence-corrected chi connectivity index (χ0v) is 14.5. The quantitative estimate of drug-likeness (QED) is 0.724. The van der Waals surface area contributed by atoms with Crippen LogP contribution in [0.1, 0.15) is 33.4 Å². The molecular weight excluding hydrogens is 272 g/mol. The highest BCUT2D eigenvalue weighted by molar-refractivity contribution is 5.41. The molecule has 0 aliphatic rings. The van der Waals surface area contributed by atoms with Crippen LogP contribution >= 0.6 is 0 Å². The van der Waals surface area contributed by atoms with E-state index in [0.29, 0.717) is 13.2 Å². The first-order valence-electron chi connectivity index (χ1n) is 7.79. The maximum Gasteiger partial charge on any atom is 0.122 e. The average molecular weight is 298 g/mol. The van der Waals surface area contributed by atoms with E-state index in [1.54, 1.807) is 0 Å². The number of rotatable bonds is 5. The predicted molar refractivity (Wildman–Crippen MR) is 92.3 cm³/mol. The van der Waals surface area contributed by atoms with Crippen LogP contribution in [0.5, 0.6) is 11.5 Å². The zero-order valence-electron chi connectivity index (χ0n) is 14.5. The van der Waals surface area contributed by atoms with Crippen molar-refractivity contribution in [1.82, 2.24) is 0 Å². The first kappa shape index (κ1) is 16.4. The topological polar surface area (TPSA) is 18.5 Å². The van der Waals surface area contributed by atoms with E-state index in [2.05, 4.69) is 65.8 Å². The third-order valence-electron chi connectivity index (χ3n) is 4.18. The number of aryl methyl sites for hydroxylation is 6. The Kier molecular flexibility index (Phi) is 5.12. The van der Waals surface area contributed by atoms with Crippen LogP contribution in [0.2, 0.25) is 0 Å². The van der Waals surface area contributed by atoms with E-state index in [0.717, 1.165) is 11.5 Å². The number of ether oxygens (including phenoxy) is 2. The third kappa shape index (κ3) is 3.82. The summed E-state index contributed by atoms with van der Waals surface area (Å²) < 4.78 is 11.7. The Morgan fingerprint density at radius 1 is 0.500 bits per heavy atom. The number of hydrogen-bond donors (Lipinski definition) is 0. The maximum atomic E-state index is 5.86. The molecule has 0 N–H and O–H groups in total. The fourth-order valence-electron chi connectivity index (χ4n) is 2.48. The van der Waals surface area contributed by atoms with E-state index in [9.17, 15) is 0 Å². The van der Waals surface area contributed by atoms with Crippen molar-refractivity contribution in [3.05, 3.63) is 57.6 Å². The van der Waals surface area contributed by atoms with Crippen molar-refractivity contribution in [3.8, 4) is 11.5 Å². The Hall–Kier alpha value is -1.96. The van der Waals surface area contributed by atoms with Crippen molar-refractivity contribution < 1.29 is 9.47 Å². The second-order valence-electron chi connectivity index (χ2n) is 6.10. The smallest absolute Gasteiger partial charge is 0.122 e. The highest BCUT2D eigenvalue weighted by Crippen LogP contribution is 2.24. The predicted octanol–water partition coefficient (Wildman–Crippen LogP) is 4.99. The lowest BCUT2D eigenvalue weighted by Gasteiger charge is -2.14. The summed E-state index contributed by atoms with van der Waals surface area (Å²) in [7, 11) is 0. The highest BCUT2D eigenvalue weighted by Gasteiger charge is 2.05. The zero-order chi connectivity index (χ0) is 16.3. The highest BCUT2D eigenvalue weighted by atomic mass is 16.5. The fourth-order valence-corrected chi connectivity index (χ4v) is 2.48. The number of benzene rings is 2. The molecule has 2 nitrogen and oxygen atoms in total. The molecule has 2 aromatic rings. The van der Waals surface area contributed by atoms with Gasteiger partial charge >= 0.3 is 0 Å².